The van der Waals surface area contributed by atoms with Crippen molar-refractivity contribution in [2.45, 2.75) is 59.3 Å². The molecule has 0 bridgehead atoms. The average molecular weight is 204 g/mol. The third-order valence-electron chi connectivity index (χ3n) is 2.84. The largest absolute Gasteiger partial charge is 0.0850 e. The van der Waals surface area contributed by atoms with Crippen molar-refractivity contribution in [3.8, 4) is 0 Å². The van der Waals surface area contributed by atoms with Crippen LogP contribution < -0.4 is 0 Å². The Balaban J connectivity index is 2.77. The summed E-state index contributed by atoms with van der Waals surface area (Å²) in [5.41, 5.74) is 4.88. The van der Waals surface area contributed by atoms with Crippen LogP contribution in [-0.2, 0) is 0 Å². The van der Waals surface area contributed by atoms with Crippen LogP contribution in [-0.4, -0.2) is 0 Å². The summed E-state index contributed by atoms with van der Waals surface area (Å²) in [6.45, 7) is 6.69. The molecule has 1 aliphatic carbocycles. The lowest BCUT2D eigenvalue weighted by Gasteiger charge is -2.21. The summed E-state index contributed by atoms with van der Waals surface area (Å²) in [6.07, 6.45) is 14.4. The van der Waals surface area contributed by atoms with Gasteiger partial charge < -0.3 is 0 Å². The molecule has 84 valence electrons. The van der Waals surface area contributed by atoms with Gasteiger partial charge in [-0.1, -0.05) is 55.7 Å². The second kappa shape index (κ2) is 6.66. The van der Waals surface area contributed by atoms with Gasteiger partial charge in [0.05, 0.1) is 0 Å². The molecule has 0 heteroatoms. The van der Waals surface area contributed by atoms with Gasteiger partial charge in [-0.25, -0.2) is 0 Å². The van der Waals surface area contributed by atoms with Crippen molar-refractivity contribution in [1.29, 1.82) is 0 Å². The van der Waals surface area contributed by atoms with Crippen molar-refractivity contribution in [2.75, 3.05) is 0 Å². The highest BCUT2D eigenvalue weighted by molar-refractivity contribution is 5.31. The maximum absolute atomic E-state index is 2.41. The predicted molar refractivity (Wildman–Crippen MR) is 69.0 cm³/mol. The minimum Gasteiger partial charge on any atom is -0.0850 e. The van der Waals surface area contributed by atoms with E-state index in [1.165, 1.54) is 38.5 Å². The number of hydrogen-bond acceptors (Lipinski definition) is 0. The van der Waals surface area contributed by atoms with Gasteiger partial charge in [0.2, 0.25) is 0 Å². The molecule has 0 radical (unpaired) electrons. The maximum atomic E-state index is 2.41. The van der Waals surface area contributed by atoms with Gasteiger partial charge in [-0.2, -0.15) is 0 Å². The lowest BCUT2D eigenvalue weighted by molar-refractivity contribution is 0.834. The van der Waals surface area contributed by atoms with E-state index >= 15 is 0 Å². The first kappa shape index (κ1) is 12.3. The van der Waals surface area contributed by atoms with Crippen molar-refractivity contribution in [3.05, 3.63) is 34.9 Å². The second-order valence-electron chi connectivity index (χ2n) is 4.34. The van der Waals surface area contributed by atoms with Crippen LogP contribution >= 0.6 is 0 Å². The van der Waals surface area contributed by atoms with Gasteiger partial charge in [-0.15, -0.1) is 0 Å². The number of hydrogen-bond donors (Lipinski definition) is 0. The Morgan fingerprint density at radius 1 is 0.667 bits per heavy atom. The minimum absolute atomic E-state index is 1.17. The molecule has 0 nitrogen and oxygen atoms in total. The van der Waals surface area contributed by atoms with Crippen LogP contribution in [0.2, 0.25) is 0 Å². The Morgan fingerprint density at radius 3 is 1.13 bits per heavy atom. The van der Waals surface area contributed by atoms with Crippen LogP contribution in [0.25, 0.3) is 0 Å². The predicted octanol–water partition coefficient (Wildman–Crippen LogP) is 5.18. The molecule has 0 N–H and O–H groups in total. The number of allylic oxidation sites excluding steroid dienone is 6. The van der Waals surface area contributed by atoms with E-state index in [9.17, 15) is 0 Å². The Bertz CT molecular complexity index is 217. The molecule has 1 fully saturated rings. The van der Waals surface area contributed by atoms with E-state index < -0.39 is 0 Å². The van der Waals surface area contributed by atoms with E-state index in [4.69, 9.17) is 0 Å². The highest BCUT2D eigenvalue weighted by Gasteiger charge is 2.13. The fraction of sp³-hybridized carbons (Fsp3) is 0.600. The monoisotopic (exact) mass is 204 g/mol. The molecular weight excluding hydrogens is 180 g/mol. The maximum Gasteiger partial charge on any atom is -0.0102 e. The first-order chi connectivity index (χ1) is 7.30. The van der Waals surface area contributed by atoms with Gasteiger partial charge in [-0.05, 0) is 38.5 Å². The third-order valence-corrected chi connectivity index (χ3v) is 2.84. The fourth-order valence-electron chi connectivity index (χ4n) is 2.36. The zero-order chi connectivity index (χ0) is 11.1. The first-order valence-electron chi connectivity index (χ1n) is 6.33. The van der Waals surface area contributed by atoms with Gasteiger partial charge in [0.15, 0.2) is 0 Å². The quantitative estimate of drug-likeness (QED) is 0.556. The average Bonchev–Trinajstić information content (AvgIpc) is 2.19. The third kappa shape index (κ3) is 4.07. The highest BCUT2D eigenvalue weighted by atomic mass is 14.2. The van der Waals surface area contributed by atoms with E-state index in [0.29, 0.717) is 0 Å². The van der Waals surface area contributed by atoms with Crippen molar-refractivity contribution < 1.29 is 0 Å². The lowest BCUT2D eigenvalue weighted by Crippen LogP contribution is -2.01. The smallest absolute Gasteiger partial charge is 0.0102 e. The van der Waals surface area contributed by atoms with E-state index in [2.05, 4.69) is 39.0 Å². The molecule has 1 saturated carbocycles. The molecule has 0 aromatic rings. The molecule has 0 saturated heterocycles. The van der Waals surface area contributed by atoms with E-state index in [0.717, 1.165) is 0 Å². The van der Waals surface area contributed by atoms with Crippen LogP contribution in [0.3, 0.4) is 0 Å². The van der Waals surface area contributed by atoms with Gasteiger partial charge in [0.1, 0.15) is 0 Å². The lowest BCUT2D eigenvalue weighted by atomic mass is 9.85. The Hall–Kier alpha value is -0.780. The summed E-state index contributed by atoms with van der Waals surface area (Å²) in [6, 6.07) is 0. The van der Waals surface area contributed by atoms with Crippen LogP contribution in [0.4, 0.5) is 0 Å². The second-order valence-corrected chi connectivity index (χ2v) is 4.34. The Labute approximate surface area is 94.8 Å². The summed E-state index contributed by atoms with van der Waals surface area (Å²) in [4.78, 5) is 0. The molecular formula is C15H24. The summed E-state index contributed by atoms with van der Waals surface area (Å²) >= 11 is 0. The molecule has 0 aliphatic heterocycles. The van der Waals surface area contributed by atoms with Crippen molar-refractivity contribution in [3.63, 3.8) is 0 Å². The minimum atomic E-state index is 1.17. The zero-order valence-corrected chi connectivity index (χ0v) is 10.5. The topological polar surface area (TPSA) is 0 Å². The zero-order valence-electron chi connectivity index (χ0n) is 10.5. The normalized spacial score (nSPS) is 16.6. The van der Waals surface area contributed by atoms with Gasteiger partial charge in [-0.3, -0.25) is 0 Å². The van der Waals surface area contributed by atoms with E-state index in [1.54, 1.807) is 16.7 Å². The molecule has 1 aliphatic rings. The van der Waals surface area contributed by atoms with Gasteiger partial charge in [0.25, 0.3) is 0 Å². The molecule has 0 atom stereocenters. The van der Waals surface area contributed by atoms with Crippen LogP contribution in [0.1, 0.15) is 59.3 Å². The SMILES string of the molecule is CCC=C1CC(=CCC)CC(=CCC)C1. The standard InChI is InChI=1S/C15H24/c1-4-7-13-10-14(8-5-2)12-15(11-13)9-6-3/h7-9H,4-6,10-12H2,1-3H3. The van der Waals surface area contributed by atoms with Gasteiger partial charge in [0, 0.05) is 0 Å². The summed E-state index contributed by atoms with van der Waals surface area (Å²) in [7, 11) is 0. The summed E-state index contributed by atoms with van der Waals surface area (Å²) < 4.78 is 0. The molecule has 0 unspecified atom stereocenters. The summed E-state index contributed by atoms with van der Waals surface area (Å²) in [5.74, 6) is 0. The Kier molecular flexibility index (Phi) is 5.45. The fourth-order valence-corrected chi connectivity index (χ4v) is 2.36. The molecule has 0 aromatic carbocycles. The molecule has 0 aromatic heterocycles. The van der Waals surface area contributed by atoms with E-state index in [-0.39, 0.29) is 0 Å². The first-order valence-corrected chi connectivity index (χ1v) is 6.33. The number of rotatable bonds is 3. The molecule has 0 amide bonds. The molecule has 1 rings (SSSR count). The van der Waals surface area contributed by atoms with Crippen LogP contribution in [0.5, 0.6) is 0 Å². The highest BCUT2D eigenvalue weighted by Crippen LogP contribution is 2.32. The van der Waals surface area contributed by atoms with Gasteiger partial charge >= 0.3 is 0 Å². The van der Waals surface area contributed by atoms with E-state index in [1.807, 2.05) is 0 Å². The molecule has 0 spiro atoms. The van der Waals surface area contributed by atoms with Crippen molar-refractivity contribution >= 4 is 0 Å². The molecule has 15 heavy (non-hydrogen) atoms. The van der Waals surface area contributed by atoms with Crippen molar-refractivity contribution in [1.82, 2.24) is 0 Å². The molecule has 0 heterocycles. The van der Waals surface area contributed by atoms with Crippen LogP contribution in [0.15, 0.2) is 34.9 Å². The Morgan fingerprint density at radius 2 is 0.933 bits per heavy atom. The van der Waals surface area contributed by atoms with Crippen LogP contribution in [0, 0.1) is 0 Å². The van der Waals surface area contributed by atoms with Crippen molar-refractivity contribution in [2.24, 2.45) is 0 Å². The summed E-state index contributed by atoms with van der Waals surface area (Å²) in [5, 5.41) is 0.